The molecule has 1 aromatic heterocycles. The van der Waals surface area contributed by atoms with Gasteiger partial charge in [0.2, 0.25) is 0 Å². The summed E-state index contributed by atoms with van der Waals surface area (Å²) in [6, 6.07) is 4.20. The number of carbonyl (C=O) groups excluding carboxylic acids is 2. The molecule has 2 heterocycles. The second-order valence-electron chi connectivity index (χ2n) is 8.71. The van der Waals surface area contributed by atoms with Crippen LogP contribution < -0.4 is 10.6 Å². The van der Waals surface area contributed by atoms with E-state index in [0.717, 1.165) is 30.9 Å². The number of aryl methyl sites for hydroxylation is 1. The number of aliphatic hydroxyl groups is 2. The Bertz CT molecular complexity index is 1250. The fourth-order valence-electron chi connectivity index (χ4n) is 3.93. The van der Waals surface area contributed by atoms with Gasteiger partial charge in [-0.1, -0.05) is 13.8 Å². The van der Waals surface area contributed by atoms with Crippen LogP contribution in [-0.2, 0) is 14.4 Å². The number of aliphatic carboxylic acids is 2. The van der Waals surface area contributed by atoms with E-state index < -0.39 is 30.0 Å². The maximum absolute atomic E-state index is 13.7. The molecule has 0 spiro atoms. The number of anilines is 1. The highest BCUT2D eigenvalue weighted by molar-refractivity contribution is 6.34. The van der Waals surface area contributed by atoms with Gasteiger partial charge >= 0.3 is 11.9 Å². The number of carboxylic acid groups (broad SMARTS) is 2. The molecule has 2 atom stereocenters. The molecule has 2 aromatic rings. The van der Waals surface area contributed by atoms with Crippen molar-refractivity contribution in [3.05, 3.63) is 52.1 Å². The zero-order chi connectivity index (χ0) is 29.4. The van der Waals surface area contributed by atoms with Gasteiger partial charge < -0.3 is 40.9 Å². The summed E-state index contributed by atoms with van der Waals surface area (Å²) in [6.07, 6.45) is -2.86. The quantitative estimate of drug-likeness (QED) is 0.214. The number of benzene rings is 1. The van der Waals surface area contributed by atoms with E-state index >= 15 is 0 Å². The summed E-state index contributed by atoms with van der Waals surface area (Å²) < 4.78 is 13.7. The van der Waals surface area contributed by atoms with E-state index in [1.165, 1.54) is 12.1 Å². The number of aliphatic hydroxyl groups excluding tert-OH is 2. The number of rotatable bonds is 10. The van der Waals surface area contributed by atoms with Crippen LogP contribution in [0.2, 0.25) is 0 Å². The molecule has 0 aliphatic carbocycles. The SMILES string of the molecule is CCN(CC)CCNC(=O)c1c(C)[nH]c(/C=C2\C(=O)Nc3ccc(F)cc32)c1C.O=C(O)[C@H](O)[C@@H](O)C(=O)O. The average Bonchev–Trinajstić information content (AvgIpc) is 3.35. The van der Waals surface area contributed by atoms with Crippen LogP contribution in [-0.4, -0.2) is 92.4 Å². The number of aromatic amines is 1. The van der Waals surface area contributed by atoms with Crippen LogP contribution in [0.1, 0.15) is 46.7 Å². The van der Waals surface area contributed by atoms with Gasteiger partial charge in [-0.05, 0) is 56.8 Å². The zero-order valence-electron chi connectivity index (χ0n) is 22.0. The third kappa shape index (κ3) is 7.72. The summed E-state index contributed by atoms with van der Waals surface area (Å²) in [4.78, 5) is 50.0. The lowest BCUT2D eigenvalue weighted by atomic mass is 10.0. The van der Waals surface area contributed by atoms with E-state index in [4.69, 9.17) is 20.4 Å². The van der Waals surface area contributed by atoms with Gasteiger partial charge in [0.1, 0.15) is 5.82 Å². The fourth-order valence-corrected chi connectivity index (χ4v) is 3.93. The van der Waals surface area contributed by atoms with Crippen molar-refractivity contribution in [2.45, 2.75) is 39.9 Å². The fraction of sp³-hybridized carbons (Fsp3) is 0.385. The monoisotopic (exact) mass is 548 g/mol. The lowest BCUT2D eigenvalue weighted by Crippen LogP contribution is -2.39. The first-order chi connectivity index (χ1) is 18.3. The van der Waals surface area contributed by atoms with Crippen molar-refractivity contribution in [3.8, 4) is 0 Å². The van der Waals surface area contributed by atoms with Gasteiger partial charge in [-0.15, -0.1) is 0 Å². The Morgan fingerprint density at radius 1 is 1.08 bits per heavy atom. The maximum atomic E-state index is 13.7. The number of carbonyl (C=O) groups is 4. The summed E-state index contributed by atoms with van der Waals surface area (Å²) >= 11 is 0. The van der Waals surface area contributed by atoms with E-state index in [-0.39, 0.29) is 11.8 Å². The molecular formula is C26H33FN4O8. The van der Waals surface area contributed by atoms with Crippen LogP contribution in [0.15, 0.2) is 18.2 Å². The molecule has 212 valence electrons. The molecule has 1 aromatic carbocycles. The number of carboxylic acids is 2. The van der Waals surface area contributed by atoms with Gasteiger partial charge in [0, 0.05) is 35.7 Å². The minimum atomic E-state index is -2.27. The molecule has 1 aliphatic heterocycles. The number of fused-ring (bicyclic) bond motifs is 1. The molecule has 0 bridgehead atoms. The van der Waals surface area contributed by atoms with Crippen molar-refractivity contribution in [1.82, 2.24) is 15.2 Å². The van der Waals surface area contributed by atoms with Gasteiger partial charge in [-0.2, -0.15) is 0 Å². The molecule has 1 aliphatic rings. The van der Waals surface area contributed by atoms with E-state index in [2.05, 4.69) is 34.4 Å². The van der Waals surface area contributed by atoms with Crippen molar-refractivity contribution >= 4 is 41.1 Å². The van der Waals surface area contributed by atoms with Crippen LogP contribution >= 0.6 is 0 Å². The van der Waals surface area contributed by atoms with Gasteiger partial charge in [0.15, 0.2) is 12.2 Å². The summed E-state index contributed by atoms with van der Waals surface area (Å²) in [5, 5.41) is 38.2. The highest BCUT2D eigenvalue weighted by atomic mass is 19.1. The number of hydrogen-bond donors (Lipinski definition) is 7. The maximum Gasteiger partial charge on any atom is 0.335 e. The van der Waals surface area contributed by atoms with Crippen LogP contribution in [0.4, 0.5) is 10.1 Å². The van der Waals surface area contributed by atoms with Gasteiger partial charge in [-0.3, -0.25) is 9.59 Å². The van der Waals surface area contributed by atoms with Gasteiger partial charge in [0.05, 0.1) is 11.1 Å². The number of H-pyrrole nitrogens is 1. The topological polar surface area (TPSA) is 192 Å². The van der Waals surface area contributed by atoms with Crippen LogP contribution in [0.5, 0.6) is 0 Å². The lowest BCUT2D eigenvalue weighted by Gasteiger charge is -2.18. The van der Waals surface area contributed by atoms with Crippen LogP contribution in [0.25, 0.3) is 11.6 Å². The van der Waals surface area contributed by atoms with Crippen molar-refractivity contribution in [1.29, 1.82) is 0 Å². The Balaban J connectivity index is 0.000000455. The van der Waals surface area contributed by atoms with E-state index in [9.17, 15) is 23.6 Å². The van der Waals surface area contributed by atoms with Crippen LogP contribution in [0.3, 0.4) is 0 Å². The smallest absolute Gasteiger partial charge is 0.335 e. The number of aromatic nitrogens is 1. The predicted octanol–water partition coefficient (Wildman–Crippen LogP) is 1.21. The molecule has 7 N–H and O–H groups in total. The van der Waals surface area contributed by atoms with Crippen LogP contribution in [0, 0.1) is 19.7 Å². The standard InChI is InChI=1S/C22H27FN4O2.C4H6O6/c1-5-27(6-2)10-9-24-22(29)20-13(3)19(25-14(20)4)12-17-16-11-15(23)7-8-18(16)26-21(17)28;5-1(3(7)8)2(6)4(9)10/h7-8,11-12,25H,5-6,9-10H2,1-4H3,(H,24,29)(H,26,28);1-2,5-6H,(H,7,8)(H,9,10)/b17-12-;/t;1-,2-/m.1/s1. The molecule has 0 saturated heterocycles. The molecule has 0 saturated carbocycles. The largest absolute Gasteiger partial charge is 0.479 e. The molecular weight excluding hydrogens is 515 g/mol. The van der Waals surface area contributed by atoms with E-state index in [1.807, 2.05) is 13.8 Å². The first kappa shape index (κ1) is 31.1. The Morgan fingerprint density at radius 2 is 1.67 bits per heavy atom. The number of amides is 2. The number of hydrogen-bond acceptors (Lipinski definition) is 7. The third-order valence-electron chi connectivity index (χ3n) is 6.17. The van der Waals surface area contributed by atoms with Gasteiger partial charge in [0.25, 0.3) is 11.8 Å². The Morgan fingerprint density at radius 3 is 2.21 bits per heavy atom. The van der Waals surface area contributed by atoms with Gasteiger partial charge in [-0.25, -0.2) is 14.0 Å². The summed E-state index contributed by atoms with van der Waals surface area (Å²) in [7, 11) is 0. The number of likely N-dealkylation sites (N-methyl/N-ethyl adjacent to an activating group) is 1. The molecule has 0 fully saturated rings. The average molecular weight is 549 g/mol. The molecule has 39 heavy (non-hydrogen) atoms. The highest BCUT2D eigenvalue weighted by Crippen LogP contribution is 2.34. The molecule has 2 amide bonds. The molecule has 13 heteroatoms. The number of nitrogens with zero attached hydrogens (tertiary/aromatic N) is 1. The minimum absolute atomic E-state index is 0.143. The van der Waals surface area contributed by atoms with Crippen molar-refractivity contribution in [3.63, 3.8) is 0 Å². The lowest BCUT2D eigenvalue weighted by molar-refractivity contribution is -0.165. The van der Waals surface area contributed by atoms with Crippen molar-refractivity contribution < 1.29 is 44.0 Å². The normalized spacial score (nSPS) is 14.8. The number of nitrogens with one attached hydrogen (secondary N) is 3. The molecule has 12 nitrogen and oxygen atoms in total. The first-order valence-electron chi connectivity index (χ1n) is 12.2. The van der Waals surface area contributed by atoms with E-state index in [0.29, 0.717) is 34.6 Å². The summed E-state index contributed by atoms with van der Waals surface area (Å²) in [5.41, 5.74) is 4.20. The molecule has 3 rings (SSSR count). The molecule has 0 unspecified atom stereocenters. The highest BCUT2D eigenvalue weighted by Gasteiger charge is 2.29. The third-order valence-corrected chi connectivity index (χ3v) is 6.17. The second-order valence-corrected chi connectivity index (χ2v) is 8.71. The van der Waals surface area contributed by atoms with Crippen molar-refractivity contribution in [2.75, 3.05) is 31.5 Å². The Hall–Kier alpha value is -4.07. The zero-order valence-corrected chi connectivity index (χ0v) is 22.0. The first-order valence-corrected chi connectivity index (χ1v) is 12.2. The predicted molar refractivity (Wildman–Crippen MR) is 141 cm³/mol. The summed E-state index contributed by atoms with van der Waals surface area (Å²) in [5.74, 6) is -4.37. The molecule has 0 radical (unpaired) electrons. The summed E-state index contributed by atoms with van der Waals surface area (Å²) in [6.45, 7) is 11.1. The van der Waals surface area contributed by atoms with Crippen molar-refractivity contribution in [2.24, 2.45) is 0 Å². The number of halogens is 1. The second kappa shape index (κ2) is 13.6. The van der Waals surface area contributed by atoms with E-state index in [1.54, 1.807) is 12.1 Å². The minimum Gasteiger partial charge on any atom is -0.479 e. The Labute approximate surface area is 224 Å². The Kier molecular flexibility index (Phi) is 10.9.